The number of benzene rings is 1. The number of fused-ring (bicyclic) bond motifs is 1. The standard InChI is InChI=1S/C18H27N3S/c1-12(2)21(4)11-18-20-16-9-14(6-8-17(16)22-18)15-7-5-13(3)10-19-15/h6,8-9,12-13,15,19H,5,7,10-11H2,1-4H3/t13-,15+/m0/s1. The predicted octanol–water partition coefficient (Wildman–Crippen LogP) is 4.20. The van der Waals surface area contributed by atoms with Crippen LogP contribution in [0, 0.1) is 5.92 Å². The van der Waals surface area contributed by atoms with Crippen LogP contribution in [-0.2, 0) is 6.54 Å². The number of hydrogen-bond acceptors (Lipinski definition) is 4. The van der Waals surface area contributed by atoms with Crippen molar-refractivity contribution in [1.82, 2.24) is 15.2 Å². The van der Waals surface area contributed by atoms with Crippen LogP contribution < -0.4 is 5.32 Å². The number of aromatic nitrogens is 1. The van der Waals surface area contributed by atoms with Gasteiger partial charge in [0.05, 0.1) is 16.8 Å². The van der Waals surface area contributed by atoms with E-state index in [4.69, 9.17) is 4.98 Å². The summed E-state index contributed by atoms with van der Waals surface area (Å²) in [5.41, 5.74) is 2.56. The Kier molecular flexibility index (Phi) is 4.81. The van der Waals surface area contributed by atoms with Gasteiger partial charge < -0.3 is 5.32 Å². The lowest BCUT2D eigenvalue weighted by molar-refractivity contribution is 0.265. The van der Waals surface area contributed by atoms with Crippen molar-refractivity contribution >= 4 is 21.6 Å². The molecule has 3 nitrogen and oxygen atoms in total. The quantitative estimate of drug-likeness (QED) is 0.916. The molecule has 120 valence electrons. The van der Waals surface area contributed by atoms with Crippen LogP contribution >= 0.6 is 11.3 Å². The summed E-state index contributed by atoms with van der Waals surface area (Å²) < 4.78 is 1.31. The molecule has 2 aromatic rings. The van der Waals surface area contributed by atoms with E-state index in [1.165, 1.54) is 28.1 Å². The Labute approximate surface area is 137 Å². The average Bonchev–Trinajstić information content (AvgIpc) is 2.89. The molecular formula is C18H27N3S. The zero-order chi connectivity index (χ0) is 15.7. The third-order valence-electron chi connectivity index (χ3n) is 4.79. The van der Waals surface area contributed by atoms with Crippen molar-refractivity contribution < 1.29 is 0 Å². The van der Waals surface area contributed by atoms with Crippen molar-refractivity contribution in [2.24, 2.45) is 5.92 Å². The van der Waals surface area contributed by atoms with Crippen molar-refractivity contribution in [2.75, 3.05) is 13.6 Å². The summed E-state index contributed by atoms with van der Waals surface area (Å²) in [5.74, 6) is 0.803. The Morgan fingerprint density at radius 3 is 2.86 bits per heavy atom. The van der Waals surface area contributed by atoms with Crippen LogP contribution in [0.15, 0.2) is 18.2 Å². The van der Waals surface area contributed by atoms with Crippen molar-refractivity contribution in [1.29, 1.82) is 0 Å². The lowest BCUT2D eigenvalue weighted by Gasteiger charge is -2.28. The van der Waals surface area contributed by atoms with Gasteiger partial charge in [0.25, 0.3) is 0 Å². The van der Waals surface area contributed by atoms with Gasteiger partial charge in [-0.3, -0.25) is 4.90 Å². The van der Waals surface area contributed by atoms with E-state index in [9.17, 15) is 0 Å². The third-order valence-corrected chi connectivity index (χ3v) is 5.81. The maximum atomic E-state index is 4.85. The topological polar surface area (TPSA) is 28.2 Å². The summed E-state index contributed by atoms with van der Waals surface area (Å²) in [6, 6.07) is 7.88. The van der Waals surface area contributed by atoms with Crippen molar-refractivity contribution in [3.63, 3.8) is 0 Å². The molecule has 3 rings (SSSR count). The molecule has 1 aromatic heterocycles. The molecule has 1 N–H and O–H groups in total. The molecule has 22 heavy (non-hydrogen) atoms. The normalized spacial score (nSPS) is 22.8. The van der Waals surface area contributed by atoms with Crippen LogP contribution in [0.4, 0.5) is 0 Å². The van der Waals surface area contributed by atoms with Gasteiger partial charge in [0.1, 0.15) is 5.01 Å². The fraction of sp³-hybridized carbons (Fsp3) is 0.611. The van der Waals surface area contributed by atoms with Gasteiger partial charge in [0.2, 0.25) is 0 Å². The van der Waals surface area contributed by atoms with Crippen LogP contribution in [0.25, 0.3) is 10.2 Å². The van der Waals surface area contributed by atoms with Gasteiger partial charge in [0, 0.05) is 12.1 Å². The number of piperidine rings is 1. The smallest absolute Gasteiger partial charge is 0.108 e. The molecule has 2 atom stereocenters. The molecule has 0 radical (unpaired) electrons. The maximum Gasteiger partial charge on any atom is 0.108 e. The molecule has 0 saturated carbocycles. The monoisotopic (exact) mass is 317 g/mol. The summed E-state index contributed by atoms with van der Waals surface area (Å²) in [6.07, 6.45) is 2.55. The van der Waals surface area contributed by atoms with E-state index in [1.54, 1.807) is 0 Å². The number of nitrogens with zero attached hydrogens (tertiary/aromatic N) is 2. The van der Waals surface area contributed by atoms with E-state index >= 15 is 0 Å². The minimum absolute atomic E-state index is 0.504. The Morgan fingerprint density at radius 1 is 1.36 bits per heavy atom. The fourth-order valence-electron chi connectivity index (χ4n) is 2.96. The van der Waals surface area contributed by atoms with E-state index in [-0.39, 0.29) is 0 Å². The minimum atomic E-state index is 0.504. The summed E-state index contributed by atoms with van der Waals surface area (Å²) in [4.78, 5) is 7.19. The van der Waals surface area contributed by atoms with E-state index in [0.717, 1.165) is 24.5 Å². The molecule has 2 heterocycles. The highest BCUT2D eigenvalue weighted by Gasteiger charge is 2.19. The molecule has 0 bridgehead atoms. The van der Waals surface area contributed by atoms with E-state index < -0.39 is 0 Å². The first-order valence-corrected chi connectivity index (χ1v) is 9.17. The van der Waals surface area contributed by atoms with Gasteiger partial charge in [-0.05, 0) is 63.9 Å². The molecule has 1 aliphatic rings. The lowest BCUT2D eigenvalue weighted by atomic mass is 9.92. The third kappa shape index (κ3) is 3.50. The molecule has 1 saturated heterocycles. The average molecular weight is 318 g/mol. The molecule has 1 fully saturated rings. The molecule has 0 spiro atoms. The van der Waals surface area contributed by atoms with Crippen molar-refractivity contribution in [3.8, 4) is 0 Å². The van der Waals surface area contributed by atoms with Crippen LogP contribution in [0.2, 0.25) is 0 Å². The molecule has 0 aliphatic carbocycles. The first kappa shape index (κ1) is 15.9. The van der Waals surface area contributed by atoms with Crippen LogP contribution in [0.5, 0.6) is 0 Å². The molecule has 4 heteroatoms. The number of nitrogens with one attached hydrogen (secondary N) is 1. The second-order valence-corrected chi connectivity index (χ2v) is 8.10. The second-order valence-electron chi connectivity index (χ2n) is 6.99. The largest absolute Gasteiger partial charge is 0.310 e. The molecular weight excluding hydrogens is 290 g/mol. The zero-order valence-corrected chi connectivity index (χ0v) is 14.9. The van der Waals surface area contributed by atoms with Crippen LogP contribution in [0.1, 0.15) is 50.2 Å². The lowest BCUT2D eigenvalue weighted by Crippen LogP contribution is -2.31. The van der Waals surface area contributed by atoms with Gasteiger partial charge >= 0.3 is 0 Å². The molecule has 1 aliphatic heterocycles. The predicted molar refractivity (Wildman–Crippen MR) is 95.4 cm³/mol. The number of thiazole rings is 1. The van der Waals surface area contributed by atoms with Gasteiger partial charge in [0.15, 0.2) is 0 Å². The Morgan fingerprint density at radius 2 is 2.18 bits per heavy atom. The van der Waals surface area contributed by atoms with Gasteiger partial charge in [-0.1, -0.05) is 13.0 Å². The van der Waals surface area contributed by atoms with Crippen molar-refractivity contribution in [2.45, 2.75) is 52.2 Å². The molecule has 0 amide bonds. The maximum absolute atomic E-state index is 4.85. The highest BCUT2D eigenvalue weighted by molar-refractivity contribution is 7.18. The summed E-state index contributed by atoms with van der Waals surface area (Å²) in [6.45, 7) is 8.84. The van der Waals surface area contributed by atoms with Gasteiger partial charge in [-0.25, -0.2) is 4.98 Å². The fourth-order valence-corrected chi connectivity index (χ4v) is 3.97. The Balaban J connectivity index is 1.78. The van der Waals surface area contributed by atoms with Crippen LogP contribution in [0.3, 0.4) is 0 Å². The van der Waals surface area contributed by atoms with E-state index in [1.807, 2.05) is 11.3 Å². The summed E-state index contributed by atoms with van der Waals surface area (Å²) in [5, 5.41) is 4.89. The molecule has 0 unspecified atom stereocenters. The van der Waals surface area contributed by atoms with Gasteiger partial charge in [-0.15, -0.1) is 11.3 Å². The first-order chi connectivity index (χ1) is 10.5. The minimum Gasteiger partial charge on any atom is -0.310 e. The number of hydrogen-bond donors (Lipinski definition) is 1. The summed E-state index contributed by atoms with van der Waals surface area (Å²) in [7, 11) is 2.16. The number of rotatable bonds is 4. The van der Waals surface area contributed by atoms with Gasteiger partial charge in [-0.2, -0.15) is 0 Å². The molecule has 1 aromatic carbocycles. The van der Waals surface area contributed by atoms with E-state index in [2.05, 4.69) is 56.2 Å². The van der Waals surface area contributed by atoms with Crippen molar-refractivity contribution in [3.05, 3.63) is 28.8 Å². The second kappa shape index (κ2) is 6.65. The SMILES string of the molecule is CC(C)N(C)Cc1nc2cc([C@H]3CC[C@H](C)CN3)ccc2s1. The zero-order valence-electron chi connectivity index (χ0n) is 14.1. The first-order valence-electron chi connectivity index (χ1n) is 8.36. The Bertz CT molecular complexity index is 626. The van der Waals surface area contributed by atoms with E-state index in [0.29, 0.717) is 12.1 Å². The summed E-state index contributed by atoms with van der Waals surface area (Å²) >= 11 is 1.83. The highest BCUT2D eigenvalue weighted by atomic mass is 32.1. The van der Waals surface area contributed by atoms with Crippen LogP contribution in [-0.4, -0.2) is 29.5 Å². The Hall–Kier alpha value is -0.970. The highest BCUT2D eigenvalue weighted by Crippen LogP contribution is 2.30.